The Morgan fingerprint density at radius 1 is 1.14 bits per heavy atom. The lowest BCUT2D eigenvalue weighted by molar-refractivity contribution is -0.133. The van der Waals surface area contributed by atoms with Crippen LogP contribution in [0, 0.1) is 0 Å². The Morgan fingerprint density at radius 2 is 1.82 bits per heavy atom. The Kier molecular flexibility index (Phi) is 3.68. The molecule has 6 heteroatoms. The van der Waals surface area contributed by atoms with E-state index < -0.39 is 11.5 Å². The highest BCUT2D eigenvalue weighted by Crippen LogP contribution is 2.42. The zero-order valence-electron chi connectivity index (χ0n) is 11.3. The van der Waals surface area contributed by atoms with Gasteiger partial charge in [-0.1, -0.05) is 35.3 Å². The van der Waals surface area contributed by atoms with Crippen LogP contribution in [0.5, 0.6) is 0 Å². The molecule has 1 heterocycles. The summed E-state index contributed by atoms with van der Waals surface area (Å²) in [6.07, 6.45) is -0.367. The second-order valence-electron chi connectivity index (χ2n) is 5.08. The van der Waals surface area contributed by atoms with Gasteiger partial charge in [-0.05, 0) is 30.3 Å². The molecule has 2 aromatic rings. The van der Waals surface area contributed by atoms with E-state index in [1.54, 1.807) is 42.5 Å². The van der Waals surface area contributed by atoms with Crippen LogP contribution in [0.25, 0.3) is 0 Å². The zero-order valence-corrected chi connectivity index (χ0v) is 12.8. The van der Waals surface area contributed by atoms with Crippen molar-refractivity contribution in [2.45, 2.75) is 12.0 Å². The topological polar surface area (TPSA) is 66.4 Å². The number of hydrogen-bond acceptors (Lipinski definition) is 3. The first-order chi connectivity index (χ1) is 10.4. The predicted molar refractivity (Wildman–Crippen MR) is 84.4 cm³/mol. The highest BCUT2D eigenvalue weighted by molar-refractivity contribution is 6.35. The molecule has 0 aliphatic carbocycles. The molecule has 1 aliphatic rings. The number of aliphatic hydroxyl groups is 1. The van der Waals surface area contributed by atoms with Crippen LogP contribution in [0.1, 0.15) is 22.3 Å². The first-order valence-electron chi connectivity index (χ1n) is 6.53. The molecule has 1 atom stereocenters. The number of benzene rings is 2. The molecule has 2 aromatic carbocycles. The standard InChI is InChI=1S/C16H11Cl2NO3/c17-10-6-4-9(5-7-10)13(20)8-16(22)11-2-1-3-12(18)14(11)19-15(16)21/h1-7,22H,8H2,(H,19,21). The maximum absolute atomic E-state index is 12.3. The molecule has 22 heavy (non-hydrogen) atoms. The molecule has 0 aromatic heterocycles. The van der Waals surface area contributed by atoms with Crippen molar-refractivity contribution in [1.82, 2.24) is 0 Å². The fraction of sp³-hybridized carbons (Fsp3) is 0.125. The summed E-state index contributed by atoms with van der Waals surface area (Å²) in [6.45, 7) is 0. The monoisotopic (exact) mass is 335 g/mol. The molecular weight excluding hydrogens is 325 g/mol. The Balaban J connectivity index is 1.95. The largest absolute Gasteiger partial charge is 0.375 e. The Morgan fingerprint density at radius 3 is 2.50 bits per heavy atom. The SMILES string of the molecule is O=C(CC1(O)C(=O)Nc2c(Cl)cccc21)c1ccc(Cl)cc1. The average molecular weight is 336 g/mol. The van der Waals surface area contributed by atoms with Crippen LogP contribution < -0.4 is 5.32 Å². The number of fused-ring (bicyclic) bond motifs is 1. The molecule has 0 radical (unpaired) electrons. The van der Waals surface area contributed by atoms with Crippen LogP contribution in [0.3, 0.4) is 0 Å². The second kappa shape index (κ2) is 5.39. The van der Waals surface area contributed by atoms with Gasteiger partial charge in [0.05, 0.1) is 17.1 Å². The minimum Gasteiger partial charge on any atom is -0.375 e. The van der Waals surface area contributed by atoms with Gasteiger partial charge in [0.15, 0.2) is 11.4 Å². The third-order valence-electron chi connectivity index (χ3n) is 3.66. The summed E-state index contributed by atoms with van der Waals surface area (Å²) in [5, 5.41) is 14.1. The number of rotatable bonds is 3. The third kappa shape index (κ3) is 2.39. The quantitative estimate of drug-likeness (QED) is 0.844. The summed E-state index contributed by atoms with van der Waals surface area (Å²) in [7, 11) is 0. The summed E-state index contributed by atoms with van der Waals surface area (Å²) >= 11 is 11.8. The lowest BCUT2D eigenvalue weighted by Crippen LogP contribution is -2.36. The number of nitrogens with one attached hydrogen (secondary N) is 1. The number of halogens is 2. The lowest BCUT2D eigenvalue weighted by Gasteiger charge is -2.20. The van der Waals surface area contributed by atoms with Gasteiger partial charge in [0.1, 0.15) is 0 Å². The van der Waals surface area contributed by atoms with Gasteiger partial charge in [0.2, 0.25) is 0 Å². The van der Waals surface area contributed by atoms with Crippen LogP contribution in [-0.2, 0) is 10.4 Å². The smallest absolute Gasteiger partial charge is 0.261 e. The zero-order chi connectivity index (χ0) is 15.9. The molecule has 3 rings (SSSR count). The van der Waals surface area contributed by atoms with Crippen molar-refractivity contribution < 1.29 is 14.7 Å². The fourth-order valence-electron chi connectivity index (χ4n) is 2.48. The molecule has 1 unspecified atom stereocenters. The van der Waals surface area contributed by atoms with Crippen LogP contribution in [0.4, 0.5) is 5.69 Å². The molecule has 1 aliphatic heterocycles. The summed E-state index contributed by atoms with van der Waals surface area (Å²) in [4.78, 5) is 24.5. The van der Waals surface area contributed by atoms with Crippen molar-refractivity contribution in [3.8, 4) is 0 Å². The number of carbonyl (C=O) groups is 2. The summed E-state index contributed by atoms with van der Waals surface area (Å²) in [6, 6.07) is 11.1. The van der Waals surface area contributed by atoms with Gasteiger partial charge < -0.3 is 10.4 Å². The normalized spacial score (nSPS) is 19.7. The van der Waals surface area contributed by atoms with Crippen LogP contribution in [-0.4, -0.2) is 16.8 Å². The summed E-state index contributed by atoms with van der Waals surface area (Å²) in [5.41, 5.74) is -0.884. The fourth-order valence-corrected chi connectivity index (χ4v) is 2.83. The van der Waals surface area contributed by atoms with E-state index in [-0.39, 0.29) is 12.2 Å². The number of Topliss-reactive ketones (excluding diaryl/α,β-unsaturated/α-hetero) is 1. The molecule has 0 spiro atoms. The number of hydrogen-bond donors (Lipinski definition) is 2. The number of amides is 1. The molecule has 0 saturated carbocycles. The van der Waals surface area contributed by atoms with E-state index >= 15 is 0 Å². The molecule has 0 fully saturated rings. The first kappa shape index (κ1) is 15.0. The number of anilines is 1. The summed E-state index contributed by atoms with van der Waals surface area (Å²) < 4.78 is 0. The van der Waals surface area contributed by atoms with E-state index in [1.807, 2.05) is 0 Å². The Labute approximate surface area is 136 Å². The van der Waals surface area contributed by atoms with Crippen molar-refractivity contribution in [2.75, 3.05) is 5.32 Å². The molecular formula is C16H11Cl2NO3. The van der Waals surface area contributed by atoms with Gasteiger partial charge >= 0.3 is 0 Å². The maximum atomic E-state index is 12.3. The van der Waals surface area contributed by atoms with Crippen molar-refractivity contribution in [3.63, 3.8) is 0 Å². The van der Waals surface area contributed by atoms with E-state index in [1.165, 1.54) is 0 Å². The van der Waals surface area contributed by atoms with Gasteiger partial charge in [-0.3, -0.25) is 9.59 Å². The number of carbonyl (C=O) groups excluding carboxylic acids is 2. The van der Waals surface area contributed by atoms with Crippen LogP contribution in [0.2, 0.25) is 10.0 Å². The number of ketones is 1. The molecule has 0 saturated heterocycles. The van der Waals surface area contributed by atoms with E-state index in [2.05, 4.69) is 5.32 Å². The van der Waals surface area contributed by atoms with Crippen molar-refractivity contribution in [2.24, 2.45) is 0 Å². The number of para-hydroxylation sites is 1. The predicted octanol–water partition coefficient (Wildman–Crippen LogP) is 3.41. The maximum Gasteiger partial charge on any atom is 0.261 e. The Bertz CT molecular complexity index is 773. The van der Waals surface area contributed by atoms with Crippen molar-refractivity contribution >= 4 is 40.6 Å². The van der Waals surface area contributed by atoms with Gasteiger partial charge in [-0.2, -0.15) is 0 Å². The van der Waals surface area contributed by atoms with Gasteiger partial charge in [0.25, 0.3) is 5.91 Å². The van der Waals surface area contributed by atoms with Gasteiger partial charge in [-0.25, -0.2) is 0 Å². The highest BCUT2D eigenvalue weighted by atomic mass is 35.5. The molecule has 2 N–H and O–H groups in total. The van der Waals surface area contributed by atoms with E-state index in [0.717, 1.165) is 0 Å². The minimum absolute atomic E-state index is 0.312. The first-order valence-corrected chi connectivity index (χ1v) is 7.29. The molecule has 4 nitrogen and oxygen atoms in total. The second-order valence-corrected chi connectivity index (χ2v) is 5.93. The van der Waals surface area contributed by atoms with Crippen molar-refractivity contribution in [1.29, 1.82) is 0 Å². The molecule has 112 valence electrons. The minimum atomic E-state index is -1.92. The van der Waals surface area contributed by atoms with E-state index in [0.29, 0.717) is 26.9 Å². The van der Waals surface area contributed by atoms with Gasteiger partial charge in [0, 0.05) is 16.1 Å². The summed E-state index contributed by atoms with van der Waals surface area (Å²) in [5.74, 6) is -1.01. The highest BCUT2D eigenvalue weighted by Gasteiger charge is 2.47. The Hall–Kier alpha value is -1.88. The van der Waals surface area contributed by atoms with Crippen molar-refractivity contribution in [3.05, 3.63) is 63.6 Å². The van der Waals surface area contributed by atoms with E-state index in [9.17, 15) is 14.7 Å². The third-order valence-corrected chi connectivity index (χ3v) is 4.22. The van der Waals surface area contributed by atoms with Crippen LogP contribution in [0.15, 0.2) is 42.5 Å². The average Bonchev–Trinajstić information content (AvgIpc) is 2.73. The lowest BCUT2D eigenvalue weighted by atomic mass is 9.88. The van der Waals surface area contributed by atoms with E-state index in [4.69, 9.17) is 23.2 Å². The van der Waals surface area contributed by atoms with Crippen LogP contribution >= 0.6 is 23.2 Å². The molecule has 1 amide bonds. The van der Waals surface area contributed by atoms with Gasteiger partial charge in [-0.15, -0.1) is 0 Å². The molecule has 0 bridgehead atoms.